The summed E-state index contributed by atoms with van der Waals surface area (Å²) < 4.78 is 5.29. The van der Waals surface area contributed by atoms with Crippen molar-refractivity contribution in [2.24, 2.45) is 0 Å². The minimum absolute atomic E-state index is 0.218. The van der Waals surface area contributed by atoms with Gasteiger partial charge in [0.15, 0.2) is 0 Å². The molecule has 2 nitrogen and oxygen atoms in total. The third-order valence-corrected chi connectivity index (χ3v) is 2.99. The highest BCUT2D eigenvalue weighted by Crippen LogP contribution is 2.08. The number of benzene rings is 1. The lowest BCUT2D eigenvalue weighted by molar-refractivity contribution is -0.138. The molecule has 0 saturated heterocycles. The Bertz CT molecular complexity index is 469. The number of carbonyl (C=O) groups is 1. The molecule has 0 aliphatic carbocycles. The van der Waals surface area contributed by atoms with Crippen LogP contribution in [-0.4, -0.2) is 5.97 Å². The first-order chi connectivity index (χ1) is 9.61. The van der Waals surface area contributed by atoms with E-state index < -0.39 is 0 Å². The Balaban J connectivity index is 2.45. The molecule has 0 aliphatic heterocycles. The fourth-order valence-corrected chi connectivity index (χ4v) is 1.81. The quantitative estimate of drug-likeness (QED) is 0.404. The van der Waals surface area contributed by atoms with Gasteiger partial charge in [0.25, 0.3) is 0 Å². The molecule has 1 aromatic carbocycles. The molecule has 0 aliphatic rings. The van der Waals surface area contributed by atoms with Crippen LogP contribution >= 0.6 is 0 Å². The van der Waals surface area contributed by atoms with E-state index >= 15 is 0 Å². The Kier molecular flexibility index (Phi) is 7.41. The van der Waals surface area contributed by atoms with Crippen molar-refractivity contribution < 1.29 is 9.53 Å². The van der Waals surface area contributed by atoms with Crippen LogP contribution in [0.1, 0.15) is 45.6 Å². The summed E-state index contributed by atoms with van der Waals surface area (Å²) in [5.41, 5.74) is 2.28. The molecular formula is C18H24O2. The summed E-state index contributed by atoms with van der Waals surface area (Å²) in [5, 5.41) is 0. The van der Waals surface area contributed by atoms with Gasteiger partial charge in [0.1, 0.15) is 5.76 Å². The van der Waals surface area contributed by atoms with E-state index in [0.717, 1.165) is 12.0 Å². The van der Waals surface area contributed by atoms with Gasteiger partial charge in [-0.05, 0) is 38.3 Å². The Morgan fingerprint density at radius 1 is 1.15 bits per heavy atom. The van der Waals surface area contributed by atoms with Crippen molar-refractivity contribution in [1.29, 1.82) is 0 Å². The molecule has 1 rings (SSSR count). The summed E-state index contributed by atoms with van der Waals surface area (Å²) >= 11 is 0. The lowest BCUT2D eigenvalue weighted by Crippen LogP contribution is -2.06. The summed E-state index contributed by atoms with van der Waals surface area (Å²) in [5.74, 6) is 0.423. The standard InChI is InChI=1S/C18H24O2/c1-4-5-9-15(2)12-13-16(3)20-18(19)14-17-10-7-6-8-11-17/h6-8,10-13H,4-5,9,14H2,1-3H3/b15-12+,16-13+. The Labute approximate surface area is 122 Å². The average Bonchev–Trinajstić information content (AvgIpc) is 2.43. The Morgan fingerprint density at radius 3 is 2.50 bits per heavy atom. The number of hydrogen-bond acceptors (Lipinski definition) is 2. The first-order valence-corrected chi connectivity index (χ1v) is 7.20. The Hall–Kier alpha value is -1.83. The largest absolute Gasteiger partial charge is 0.431 e. The zero-order chi connectivity index (χ0) is 14.8. The van der Waals surface area contributed by atoms with Gasteiger partial charge >= 0.3 is 5.97 Å². The fraction of sp³-hybridized carbons (Fsp3) is 0.389. The number of esters is 1. The normalized spacial score (nSPS) is 12.3. The summed E-state index contributed by atoms with van der Waals surface area (Å²) in [7, 11) is 0. The molecule has 108 valence electrons. The number of allylic oxidation sites excluding steroid dienone is 4. The molecule has 0 radical (unpaired) electrons. The summed E-state index contributed by atoms with van der Waals surface area (Å²) in [4.78, 5) is 11.8. The van der Waals surface area contributed by atoms with E-state index in [4.69, 9.17) is 4.74 Å². The molecule has 0 N–H and O–H groups in total. The van der Waals surface area contributed by atoms with Crippen LogP contribution in [0.2, 0.25) is 0 Å². The highest BCUT2D eigenvalue weighted by Gasteiger charge is 2.04. The van der Waals surface area contributed by atoms with Crippen molar-refractivity contribution in [3.63, 3.8) is 0 Å². The molecule has 0 saturated carbocycles. The molecule has 0 amide bonds. The Morgan fingerprint density at radius 2 is 1.85 bits per heavy atom. The van der Waals surface area contributed by atoms with Crippen molar-refractivity contribution in [2.45, 2.75) is 46.5 Å². The van der Waals surface area contributed by atoms with E-state index in [1.54, 1.807) is 0 Å². The van der Waals surface area contributed by atoms with Crippen LogP contribution in [0.5, 0.6) is 0 Å². The number of carbonyl (C=O) groups excluding carboxylic acids is 1. The summed E-state index contributed by atoms with van der Waals surface area (Å²) in [6.07, 6.45) is 7.69. The lowest BCUT2D eigenvalue weighted by Gasteiger charge is -2.04. The molecule has 20 heavy (non-hydrogen) atoms. The van der Waals surface area contributed by atoms with Gasteiger partial charge in [0.05, 0.1) is 6.42 Å². The van der Waals surface area contributed by atoms with E-state index in [0.29, 0.717) is 12.2 Å². The molecular weight excluding hydrogens is 248 g/mol. The summed E-state index contributed by atoms with van der Waals surface area (Å²) in [6.45, 7) is 6.09. The zero-order valence-electron chi connectivity index (χ0n) is 12.7. The van der Waals surface area contributed by atoms with Gasteiger partial charge in [0.2, 0.25) is 0 Å². The van der Waals surface area contributed by atoms with E-state index in [1.165, 1.54) is 18.4 Å². The van der Waals surface area contributed by atoms with Crippen LogP contribution in [0.15, 0.2) is 53.8 Å². The molecule has 0 fully saturated rings. The highest BCUT2D eigenvalue weighted by atomic mass is 16.5. The van der Waals surface area contributed by atoms with E-state index in [-0.39, 0.29) is 5.97 Å². The molecule has 2 heteroatoms. The monoisotopic (exact) mass is 272 g/mol. The fourth-order valence-electron chi connectivity index (χ4n) is 1.81. The van der Waals surface area contributed by atoms with Crippen molar-refractivity contribution in [1.82, 2.24) is 0 Å². The maximum absolute atomic E-state index is 11.8. The van der Waals surface area contributed by atoms with E-state index in [9.17, 15) is 4.79 Å². The van der Waals surface area contributed by atoms with Gasteiger partial charge in [-0.3, -0.25) is 4.79 Å². The van der Waals surface area contributed by atoms with E-state index in [1.807, 2.05) is 49.4 Å². The second-order valence-electron chi connectivity index (χ2n) is 5.03. The molecule has 0 atom stereocenters. The van der Waals surface area contributed by atoms with Gasteiger partial charge < -0.3 is 4.74 Å². The first-order valence-electron chi connectivity index (χ1n) is 7.20. The van der Waals surface area contributed by atoms with Crippen molar-refractivity contribution in [2.75, 3.05) is 0 Å². The van der Waals surface area contributed by atoms with Crippen LogP contribution < -0.4 is 0 Å². The van der Waals surface area contributed by atoms with Gasteiger partial charge in [-0.25, -0.2) is 0 Å². The number of hydrogen-bond donors (Lipinski definition) is 0. The number of ether oxygens (including phenoxy) is 1. The minimum Gasteiger partial charge on any atom is -0.431 e. The molecule has 0 bridgehead atoms. The first kappa shape index (κ1) is 16.2. The molecule has 0 unspecified atom stereocenters. The van der Waals surface area contributed by atoms with Crippen LogP contribution in [-0.2, 0) is 16.0 Å². The SMILES string of the molecule is CCCC/C(C)=C/C=C(\C)OC(=O)Cc1ccccc1. The van der Waals surface area contributed by atoms with Gasteiger partial charge in [-0.2, -0.15) is 0 Å². The van der Waals surface area contributed by atoms with Crippen LogP contribution in [0.3, 0.4) is 0 Å². The van der Waals surface area contributed by atoms with Crippen LogP contribution in [0.25, 0.3) is 0 Å². The van der Waals surface area contributed by atoms with Crippen molar-refractivity contribution in [3.8, 4) is 0 Å². The van der Waals surface area contributed by atoms with Crippen LogP contribution in [0, 0.1) is 0 Å². The molecule has 0 spiro atoms. The van der Waals surface area contributed by atoms with Gasteiger partial charge in [-0.1, -0.05) is 55.3 Å². The van der Waals surface area contributed by atoms with Crippen molar-refractivity contribution >= 4 is 5.97 Å². The molecule has 0 heterocycles. The van der Waals surface area contributed by atoms with Crippen LogP contribution in [0.4, 0.5) is 0 Å². The molecule has 1 aromatic rings. The maximum atomic E-state index is 11.8. The lowest BCUT2D eigenvalue weighted by atomic mass is 10.1. The van der Waals surface area contributed by atoms with Crippen molar-refractivity contribution in [3.05, 3.63) is 59.4 Å². The third-order valence-electron chi connectivity index (χ3n) is 2.99. The summed E-state index contributed by atoms with van der Waals surface area (Å²) in [6, 6.07) is 9.63. The topological polar surface area (TPSA) is 26.3 Å². The maximum Gasteiger partial charge on any atom is 0.315 e. The van der Waals surface area contributed by atoms with Gasteiger partial charge in [-0.15, -0.1) is 0 Å². The predicted octanol–water partition coefficient (Wildman–Crippen LogP) is 4.81. The van der Waals surface area contributed by atoms with Gasteiger partial charge in [0, 0.05) is 0 Å². The average molecular weight is 272 g/mol. The predicted molar refractivity (Wildman–Crippen MR) is 83.3 cm³/mol. The highest BCUT2D eigenvalue weighted by molar-refractivity contribution is 5.73. The number of rotatable bonds is 7. The minimum atomic E-state index is -0.218. The molecule has 0 aromatic heterocycles. The zero-order valence-corrected chi connectivity index (χ0v) is 12.7. The number of unbranched alkanes of at least 4 members (excludes halogenated alkanes) is 1. The smallest absolute Gasteiger partial charge is 0.315 e. The second-order valence-corrected chi connectivity index (χ2v) is 5.03. The third kappa shape index (κ3) is 6.93. The second kappa shape index (κ2) is 9.13. The van der Waals surface area contributed by atoms with E-state index in [2.05, 4.69) is 13.8 Å².